The van der Waals surface area contributed by atoms with Crippen LogP contribution in [-0.4, -0.2) is 38.8 Å². The van der Waals surface area contributed by atoms with Gasteiger partial charge in [-0.3, -0.25) is 4.79 Å². The van der Waals surface area contributed by atoms with Crippen LogP contribution in [0, 0.1) is 0 Å². The predicted octanol–water partition coefficient (Wildman–Crippen LogP) is 2.15. The third-order valence-corrected chi connectivity index (χ3v) is 3.82. The molecule has 1 atom stereocenters. The van der Waals surface area contributed by atoms with E-state index in [0.29, 0.717) is 24.3 Å². The number of aliphatic hydroxyl groups excluding tert-OH is 1. The Balaban J connectivity index is 1.85. The SMILES string of the molecule is COc1cccc(C(O)C(=O)NCCc2ccc(N(C)C)cc2)c1. The maximum atomic E-state index is 12.1. The summed E-state index contributed by atoms with van der Waals surface area (Å²) in [6, 6.07) is 15.0. The smallest absolute Gasteiger partial charge is 0.253 e. The van der Waals surface area contributed by atoms with Gasteiger partial charge in [-0.05, 0) is 41.8 Å². The monoisotopic (exact) mass is 328 g/mol. The van der Waals surface area contributed by atoms with Crippen LogP contribution in [-0.2, 0) is 11.2 Å². The summed E-state index contributed by atoms with van der Waals surface area (Å²) in [7, 11) is 5.54. The number of benzene rings is 2. The van der Waals surface area contributed by atoms with E-state index < -0.39 is 12.0 Å². The number of hydrogen-bond donors (Lipinski definition) is 2. The zero-order valence-corrected chi connectivity index (χ0v) is 14.3. The van der Waals surface area contributed by atoms with Gasteiger partial charge in [-0.25, -0.2) is 0 Å². The fourth-order valence-corrected chi connectivity index (χ4v) is 2.35. The highest BCUT2D eigenvalue weighted by Gasteiger charge is 2.17. The van der Waals surface area contributed by atoms with Crippen LogP contribution in [0.1, 0.15) is 17.2 Å². The van der Waals surface area contributed by atoms with E-state index >= 15 is 0 Å². The van der Waals surface area contributed by atoms with Gasteiger partial charge < -0.3 is 20.1 Å². The number of ether oxygens (including phenoxy) is 1. The van der Waals surface area contributed by atoms with Gasteiger partial charge >= 0.3 is 0 Å². The lowest BCUT2D eigenvalue weighted by Gasteiger charge is -2.14. The normalized spacial score (nSPS) is 11.7. The zero-order chi connectivity index (χ0) is 17.5. The Morgan fingerprint density at radius 2 is 1.92 bits per heavy atom. The second-order valence-electron chi connectivity index (χ2n) is 5.78. The van der Waals surface area contributed by atoms with Crippen LogP contribution in [0.25, 0.3) is 0 Å². The predicted molar refractivity (Wildman–Crippen MR) is 95.4 cm³/mol. The summed E-state index contributed by atoms with van der Waals surface area (Å²) >= 11 is 0. The van der Waals surface area contributed by atoms with E-state index in [9.17, 15) is 9.90 Å². The van der Waals surface area contributed by atoms with Gasteiger partial charge in [0.1, 0.15) is 5.75 Å². The Kier molecular flexibility index (Phi) is 6.21. The van der Waals surface area contributed by atoms with Gasteiger partial charge in [0.05, 0.1) is 7.11 Å². The summed E-state index contributed by atoms with van der Waals surface area (Å²) in [6.07, 6.45) is -0.485. The fraction of sp³-hybridized carbons (Fsp3) is 0.316. The Morgan fingerprint density at radius 1 is 1.21 bits per heavy atom. The molecule has 0 aliphatic rings. The third-order valence-electron chi connectivity index (χ3n) is 3.82. The molecule has 0 bridgehead atoms. The fourth-order valence-electron chi connectivity index (χ4n) is 2.35. The number of aliphatic hydroxyl groups is 1. The van der Waals surface area contributed by atoms with Gasteiger partial charge in [0.25, 0.3) is 5.91 Å². The number of carbonyl (C=O) groups excluding carboxylic acids is 1. The number of nitrogens with zero attached hydrogens (tertiary/aromatic N) is 1. The molecule has 0 aliphatic heterocycles. The first-order valence-electron chi connectivity index (χ1n) is 7.87. The molecule has 2 rings (SSSR count). The zero-order valence-electron chi connectivity index (χ0n) is 14.3. The van der Waals surface area contributed by atoms with Crippen LogP contribution in [0.15, 0.2) is 48.5 Å². The standard InChI is InChI=1S/C19H24N2O3/c1-21(2)16-9-7-14(8-10-16)11-12-20-19(23)18(22)15-5-4-6-17(13-15)24-3/h4-10,13,18,22H,11-12H2,1-3H3,(H,20,23). The molecule has 2 aromatic carbocycles. The summed E-state index contributed by atoms with van der Waals surface area (Å²) in [5.41, 5.74) is 2.79. The first-order chi connectivity index (χ1) is 11.5. The molecule has 24 heavy (non-hydrogen) atoms. The number of carbonyl (C=O) groups is 1. The minimum Gasteiger partial charge on any atom is -0.497 e. The highest BCUT2D eigenvalue weighted by atomic mass is 16.5. The Morgan fingerprint density at radius 3 is 2.54 bits per heavy atom. The molecule has 128 valence electrons. The van der Waals surface area contributed by atoms with Crippen LogP contribution in [0.5, 0.6) is 5.75 Å². The Bertz CT molecular complexity index is 669. The lowest BCUT2D eigenvalue weighted by molar-refractivity contribution is -0.129. The van der Waals surface area contributed by atoms with Crippen LogP contribution < -0.4 is 15.0 Å². The minimum absolute atomic E-state index is 0.409. The summed E-state index contributed by atoms with van der Waals surface area (Å²) in [4.78, 5) is 14.1. The Labute approximate surface area is 142 Å². The average molecular weight is 328 g/mol. The second-order valence-corrected chi connectivity index (χ2v) is 5.78. The molecule has 0 saturated carbocycles. The van der Waals surface area contributed by atoms with E-state index in [2.05, 4.69) is 5.32 Å². The van der Waals surface area contributed by atoms with Gasteiger partial charge in [-0.1, -0.05) is 24.3 Å². The Hall–Kier alpha value is -2.53. The molecule has 0 spiro atoms. The molecule has 0 saturated heterocycles. The quantitative estimate of drug-likeness (QED) is 0.818. The first-order valence-corrected chi connectivity index (χ1v) is 7.87. The summed E-state index contributed by atoms with van der Waals surface area (Å²) in [5.74, 6) is 0.202. The first kappa shape index (κ1) is 17.8. The van der Waals surface area contributed by atoms with E-state index in [1.807, 2.05) is 43.3 Å². The average Bonchev–Trinajstić information content (AvgIpc) is 2.61. The molecule has 5 heteroatoms. The molecule has 0 heterocycles. The van der Waals surface area contributed by atoms with Crippen LogP contribution in [0.4, 0.5) is 5.69 Å². The van der Waals surface area contributed by atoms with E-state index in [1.165, 1.54) is 0 Å². The molecule has 2 aromatic rings. The minimum atomic E-state index is -1.20. The van der Waals surface area contributed by atoms with Crippen molar-refractivity contribution in [3.05, 3.63) is 59.7 Å². The van der Waals surface area contributed by atoms with Crippen LogP contribution in [0.2, 0.25) is 0 Å². The molecular formula is C19H24N2O3. The molecule has 0 aromatic heterocycles. The number of hydrogen-bond acceptors (Lipinski definition) is 4. The third kappa shape index (κ3) is 4.73. The van der Waals surface area contributed by atoms with Gasteiger partial charge in [0.15, 0.2) is 6.10 Å². The van der Waals surface area contributed by atoms with Gasteiger partial charge in [-0.2, -0.15) is 0 Å². The largest absolute Gasteiger partial charge is 0.497 e. The van der Waals surface area contributed by atoms with Crippen molar-refractivity contribution in [2.24, 2.45) is 0 Å². The van der Waals surface area contributed by atoms with Crippen molar-refractivity contribution in [1.82, 2.24) is 5.32 Å². The number of amides is 1. The maximum absolute atomic E-state index is 12.1. The maximum Gasteiger partial charge on any atom is 0.253 e. The van der Waals surface area contributed by atoms with Crippen molar-refractivity contribution in [2.45, 2.75) is 12.5 Å². The van der Waals surface area contributed by atoms with E-state index in [4.69, 9.17) is 4.74 Å². The van der Waals surface area contributed by atoms with Crippen molar-refractivity contribution in [3.63, 3.8) is 0 Å². The highest BCUT2D eigenvalue weighted by Crippen LogP contribution is 2.19. The molecule has 0 aliphatic carbocycles. The molecule has 1 unspecified atom stereocenters. The van der Waals surface area contributed by atoms with Crippen molar-refractivity contribution < 1.29 is 14.6 Å². The highest BCUT2D eigenvalue weighted by molar-refractivity contribution is 5.82. The van der Waals surface area contributed by atoms with Crippen LogP contribution in [0.3, 0.4) is 0 Å². The second kappa shape index (κ2) is 8.36. The molecule has 1 amide bonds. The summed E-state index contributed by atoms with van der Waals surface area (Å²) in [5, 5.41) is 12.9. The van der Waals surface area contributed by atoms with Crippen molar-refractivity contribution in [1.29, 1.82) is 0 Å². The molecule has 2 N–H and O–H groups in total. The van der Waals surface area contributed by atoms with E-state index in [-0.39, 0.29) is 0 Å². The molecular weight excluding hydrogens is 304 g/mol. The summed E-state index contributed by atoms with van der Waals surface area (Å²) < 4.78 is 5.10. The van der Waals surface area contributed by atoms with Gasteiger partial charge in [0, 0.05) is 26.3 Å². The molecule has 0 fully saturated rings. The van der Waals surface area contributed by atoms with Crippen molar-refractivity contribution in [3.8, 4) is 5.75 Å². The van der Waals surface area contributed by atoms with E-state index in [1.54, 1.807) is 31.4 Å². The molecule has 5 nitrogen and oxygen atoms in total. The summed E-state index contributed by atoms with van der Waals surface area (Å²) in [6.45, 7) is 0.473. The topological polar surface area (TPSA) is 61.8 Å². The van der Waals surface area contributed by atoms with E-state index in [0.717, 1.165) is 11.3 Å². The number of rotatable bonds is 7. The number of methoxy groups -OCH3 is 1. The lowest BCUT2D eigenvalue weighted by atomic mass is 10.1. The number of anilines is 1. The van der Waals surface area contributed by atoms with Crippen LogP contribution >= 0.6 is 0 Å². The molecule has 0 radical (unpaired) electrons. The van der Waals surface area contributed by atoms with Gasteiger partial charge in [0.2, 0.25) is 0 Å². The van der Waals surface area contributed by atoms with Gasteiger partial charge in [-0.15, -0.1) is 0 Å². The number of nitrogens with one attached hydrogen (secondary N) is 1. The van der Waals surface area contributed by atoms with Crippen molar-refractivity contribution >= 4 is 11.6 Å². The lowest BCUT2D eigenvalue weighted by Crippen LogP contribution is -2.31. The van der Waals surface area contributed by atoms with Crippen molar-refractivity contribution in [2.75, 3.05) is 32.6 Å².